The van der Waals surface area contributed by atoms with E-state index in [1.54, 1.807) is 0 Å². The molecular weight excluding hydrogens is 310 g/mol. The number of hydrogen-bond donors (Lipinski definition) is 1. The maximum Gasteiger partial charge on any atom is 0.172 e. The van der Waals surface area contributed by atoms with Gasteiger partial charge in [0.25, 0.3) is 0 Å². The van der Waals surface area contributed by atoms with Crippen LogP contribution in [0.3, 0.4) is 0 Å². The van der Waals surface area contributed by atoms with Crippen LogP contribution in [-0.2, 0) is 4.79 Å². The van der Waals surface area contributed by atoms with Gasteiger partial charge < -0.3 is 5.11 Å². The Kier molecular flexibility index (Phi) is 3.59. The molecular formula is C22H31NO2. The number of aliphatic hydroxyl groups is 1. The first-order valence-electron chi connectivity index (χ1n) is 10.0. The van der Waals surface area contributed by atoms with Crippen LogP contribution >= 0.6 is 0 Å². The Morgan fingerprint density at radius 1 is 1.20 bits per heavy atom. The third-order valence-corrected chi connectivity index (χ3v) is 9.06. The van der Waals surface area contributed by atoms with Gasteiger partial charge in [0.2, 0.25) is 0 Å². The van der Waals surface area contributed by atoms with Crippen molar-refractivity contribution >= 4 is 5.78 Å². The number of ketones is 1. The van der Waals surface area contributed by atoms with E-state index in [1.807, 2.05) is 13.0 Å². The number of nitrogens with zero attached hydrogens (tertiary/aromatic N) is 1. The monoisotopic (exact) mass is 341 g/mol. The summed E-state index contributed by atoms with van der Waals surface area (Å²) in [6, 6.07) is 2.26. The van der Waals surface area contributed by atoms with E-state index in [0.717, 1.165) is 32.1 Å². The Balaban J connectivity index is 1.75. The number of carbonyl (C=O) groups excluding carboxylic acids is 1. The molecule has 0 aromatic carbocycles. The lowest BCUT2D eigenvalue weighted by molar-refractivity contribution is -0.129. The summed E-state index contributed by atoms with van der Waals surface area (Å²) >= 11 is 0. The van der Waals surface area contributed by atoms with Crippen molar-refractivity contribution in [3.8, 4) is 6.07 Å². The first kappa shape index (κ1) is 17.3. The van der Waals surface area contributed by atoms with Crippen LogP contribution in [0.15, 0.2) is 11.6 Å². The summed E-state index contributed by atoms with van der Waals surface area (Å²) in [5, 5.41) is 20.5. The first-order chi connectivity index (χ1) is 11.6. The number of rotatable bonds is 0. The standard InChI is InChI=1S/C22H31NO2/c1-13-9-15-16(5-7-21(3)17(15)6-8-22(21,4)25)20(2)11-14(12-23)19(24)10-18(13)20/h10,13-17,25H,5-9,11H2,1-4H3/t13-,14-,15+,16-,17-,20+,21-,22-/m0/s1. The Hall–Kier alpha value is -1.14. The van der Waals surface area contributed by atoms with Crippen molar-refractivity contribution < 1.29 is 9.90 Å². The number of carbonyl (C=O) groups is 1. The largest absolute Gasteiger partial charge is 0.390 e. The highest BCUT2D eigenvalue weighted by molar-refractivity contribution is 5.95. The maximum absolute atomic E-state index is 12.3. The van der Waals surface area contributed by atoms with Gasteiger partial charge >= 0.3 is 0 Å². The van der Waals surface area contributed by atoms with Gasteiger partial charge in [-0.2, -0.15) is 5.26 Å². The molecule has 3 nitrogen and oxygen atoms in total. The zero-order valence-electron chi connectivity index (χ0n) is 16.0. The predicted molar refractivity (Wildman–Crippen MR) is 96.4 cm³/mol. The summed E-state index contributed by atoms with van der Waals surface area (Å²) in [6.45, 7) is 8.93. The Morgan fingerprint density at radius 3 is 2.56 bits per heavy atom. The van der Waals surface area contributed by atoms with Gasteiger partial charge in [-0.15, -0.1) is 0 Å². The van der Waals surface area contributed by atoms with Crippen LogP contribution in [0.4, 0.5) is 0 Å². The van der Waals surface area contributed by atoms with Crippen LogP contribution in [0.1, 0.15) is 66.2 Å². The average molecular weight is 341 g/mol. The van der Waals surface area contributed by atoms with Crippen molar-refractivity contribution in [2.75, 3.05) is 0 Å². The van der Waals surface area contributed by atoms with Crippen molar-refractivity contribution in [2.24, 2.45) is 40.4 Å². The molecule has 0 spiro atoms. The second-order valence-corrected chi connectivity index (χ2v) is 10.1. The molecule has 4 rings (SSSR count). The fourth-order valence-electron chi connectivity index (χ4n) is 7.43. The van der Waals surface area contributed by atoms with Gasteiger partial charge in [0, 0.05) is 0 Å². The van der Waals surface area contributed by atoms with Gasteiger partial charge in [0.1, 0.15) is 5.92 Å². The van der Waals surface area contributed by atoms with Gasteiger partial charge in [0.05, 0.1) is 11.7 Å². The highest BCUT2D eigenvalue weighted by Gasteiger charge is 2.63. The van der Waals surface area contributed by atoms with E-state index in [2.05, 4.69) is 26.8 Å². The van der Waals surface area contributed by atoms with Crippen LogP contribution in [0.5, 0.6) is 0 Å². The summed E-state index contributed by atoms with van der Waals surface area (Å²) in [6.07, 6.45) is 7.86. The molecule has 4 aliphatic rings. The molecule has 3 heteroatoms. The second-order valence-electron chi connectivity index (χ2n) is 10.1. The lowest BCUT2D eigenvalue weighted by atomic mass is 9.44. The van der Waals surface area contributed by atoms with Crippen LogP contribution in [0.2, 0.25) is 0 Å². The van der Waals surface area contributed by atoms with E-state index >= 15 is 0 Å². The third kappa shape index (κ3) is 2.10. The Bertz CT molecular complexity index is 687. The molecule has 3 fully saturated rings. The SMILES string of the molecule is C[C@H]1C[C@@H]2[C@H](CC[C@@]3(C)[C@H]2CC[C@]3(C)O)[C@@]2(C)C[C@@H](C#N)C(=O)C=C12. The molecule has 0 bridgehead atoms. The Labute approximate surface area is 151 Å². The van der Waals surface area contributed by atoms with Gasteiger partial charge in [-0.05, 0) is 86.0 Å². The van der Waals surface area contributed by atoms with Crippen molar-refractivity contribution in [3.63, 3.8) is 0 Å². The van der Waals surface area contributed by atoms with Crippen molar-refractivity contribution in [1.29, 1.82) is 5.26 Å². The zero-order valence-corrected chi connectivity index (χ0v) is 16.0. The molecule has 136 valence electrons. The molecule has 0 aromatic heterocycles. The second kappa shape index (κ2) is 5.19. The molecule has 25 heavy (non-hydrogen) atoms. The van der Waals surface area contributed by atoms with Crippen molar-refractivity contribution in [1.82, 2.24) is 0 Å². The number of fused-ring (bicyclic) bond motifs is 5. The van der Waals surface area contributed by atoms with Gasteiger partial charge in [-0.25, -0.2) is 0 Å². The molecule has 0 amide bonds. The smallest absolute Gasteiger partial charge is 0.172 e. The molecule has 3 saturated carbocycles. The summed E-state index contributed by atoms with van der Waals surface area (Å²) in [5.41, 5.74) is 0.746. The van der Waals surface area contributed by atoms with Gasteiger partial charge in [-0.1, -0.05) is 26.3 Å². The predicted octanol–water partition coefficient (Wildman–Crippen LogP) is 4.26. The topological polar surface area (TPSA) is 61.1 Å². The van der Waals surface area contributed by atoms with Crippen molar-refractivity contribution in [2.45, 2.75) is 71.8 Å². The van der Waals surface area contributed by atoms with E-state index in [9.17, 15) is 15.2 Å². The fraction of sp³-hybridized carbons (Fsp3) is 0.818. The minimum Gasteiger partial charge on any atom is -0.390 e. The summed E-state index contributed by atoms with van der Waals surface area (Å²) < 4.78 is 0. The molecule has 0 aliphatic heterocycles. The van der Waals surface area contributed by atoms with Crippen LogP contribution in [-0.4, -0.2) is 16.5 Å². The molecule has 0 aromatic rings. The molecule has 0 radical (unpaired) electrons. The van der Waals surface area contributed by atoms with E-state index in [1.165, 1.54) is 5.57 Å². The van der Waals surface area contributed by atoms with Crippen molar-refractivity contribution in [3.05, 3.63) is 11.6 Å². The summed E-state index contributed by atoms with van der Waals surface area (Å²) in [4.78, 5) is 12.3. The minimum atomic E-state index is -0.555. The van der Waals surface area contributed by atoms with Gasteiger partial charge in [0.15, 0.2) is 5.78 Å². The lowest BCUT2D eigenvalue weighted by Gasteiger charge is -2.60. The highest BCUT2D eigenvalue weighted by Crippen LogP contribution is 2.68. The molecule has 8 atom stereocenters. The summed E-state index contributed by atoms with van der Waals surface area (Å²) in [5.74, 6) is 1.68. The quantitative estimate of drug-likeness (QED) is 0.716. The lowest BCUT2D eigenvalue weighted by Crippen LogP contribution is -2.55. The first-order valence-corrected chi connectivity index (χ1v) is 10.0. The molecule has 0 unspecified atom stereocenters. The van der Waals surface area contributed by atoms with E-state index in [-0.39, 0.29) is 16.6 Å². The Morgan fingerprint density at radius 2 is 1.88 bits per heavy atom. The zero-order chi connectivity index (χ0) is 18.2. The molecule has 1 N–H and O–H groups in total. The number of hydrogen-bond acceptors (Lipinski definition) is 3. The normalized spacial score (nSPS) is 54.8. The minimum absolute atomic E-state index is 0.0183. The molecule has 0 saturated heterocycles. The average Bonchev–Trinajstić information content (AvgIpc) is 2.79. The maximum atomic E-state index is 12.3. The highest BCUT2D eigenvalue weighted by atomic mass is 16.3. The van der Waals surface area contributed by atoms with Crippen LogP contribution < -0.4 is 0 Å². The van der Waals surface area contributed by atoms with E-state index < -0.39 is 11.5 Å². The summed E-state index contributed by atoms with van der Waals surface area (Å²) in [7, 11) is 0. The van der Waals surface area contributed by atoms with E-state index in [4.69, 9.17) is 0 Å². The molecule has 0 heterocycles. The number of allylic oxidation sites excluding steroid dienone is 1. The molecule has 4 aliphatic carbocycles. The third-order valence-electron chi connectivity index (χ3n) is 9.06. The van der Waals surface area contributed by atoms with Crippen LogP contribution in [0.25, 0.3) is 0 Å². The van der Waals surface area contributed by atoms with Gasteiger partial charge in [-0.3, -0.25) is 4.79 Å². The van der Waals surface area contributed by atoms with E-state index in [0.29, 0.717) is 30.1 Å². The van der Waals surface area contributed by atoms with Crippen LogP contribution in [0, 0.1) is 51.8 Å². The number of nitriles is 1. The fourth-order valence-corrected chi connectivity index (χ4v) is 7.43.